The van der Waals surface area contributed by atoms with Crippen molar-refractivity contribution in [3.8, 4) is 0 Å². The van der Waals surface area contributed by atoms with E-state index in [4.69, 9.17) is 24.5 Å². The fraction of sp³-hybridized carbons (Fsp3) is 0.773. The lowest BCUT2D eigenvalue weighted by Crippen LogP contribution is -2.53. The van der Waals surface area contributed by atoms with Crippen LogP contribution in [0.3, 0.4) is 0 Å². The molecule has 1 atom stereocenters. The first-order valence-electron chi connectivity index (χ1n) is 10.3. The molecule has 0 saturated heterocycles. The Kier molecular flexibility index (Phi) is 12.4. The SMILES string of the molecule is C=C(C)C(=O)OC(C)CC1(CCC)C(C)(C)CCCC1(C)C.NC(=O)O.NC(=O)O. The number of amides is 2. The average molecular weight is 431 g/mol. The Morgan fingerprint density at radius 3 is 1.70 bits per heavy atom. The first kappa shape index (κ1) is 29.9. The number of hydrogen-bond acceptors (Lipinski definition) is 4. The summed E-state index contributed by atoms with van der Waals surface area (Å²) >= 11 is 0. The molecule has 0 aromatic heterocycles. The Morgan fingerprint density at radius 2 is 1.40 bits per heavy atom. The van der Waals surface area contributed by atoms with Gasteiger partial charge in [0, 0.05) is 5.57 Å². The van der Waals surface area contributed by atoms with Crippen molar-refractivity contribution in [1.29, 1.82) is 0 Å². The normalized spacial score (nSPS) is 18.9. The molecule has 0 aliphatic heterocycles. The van der Waals surface area contributed by atoms with E-state index >= 15 is 0 Å². The molecule has 8 heteroatoms. The molecule has 1 aliphatic rings. The minimum Gasteiger partial charge on any atom is -0.465 e. The number of carboxylic acid groups (broad SMARTS) is 2. The Bertz CT molecular complexity index is 562. The summed E-state index contributed by atoms with van der Waals surface area (Å²) in [5, 5.41) is 14.4. The fourth-order valence-corrected chi connectivity index (χ4v) is 4.94. The topological polar surface area (TPSA) is 153 Å². The Balaban J connectivity index is 0. The maximum Gasteiger partial charge on any atom is 0.402 e. The quantitative estimate of drug-likeness (QED) is 0.337. The number of nitrogens with two attached hydrogens (primary N) is 2. The van der Waals surface area contributed by atoms with E-state index in [0.717, 1.165) is 6.42 Å². The molecule has 0 bridgehead atoms. The summed E-state index contributed by atoms with van der Waals surface area (Å²) in [6.45, 7) is 19.4. The first-order chi connectivity index (χ1) is 13.5. The van der Waals surface area contributed by atoms with Crippen LogP contribution in [0, 0.1) is 16.2 Å². The van der Waals surface area contributed by atoms with Gasteiger partial charge in [0.25, 0.3) is 0 Å². The molecule has 1 aliphatic carbocycles. The molecule has 8 nitrogen and oxygen atoms in total. The molecule has 0 radical (unpaired) electrons. The molecule has 6 N–H and O–H groups in total. The number of rotatable bonds is 6. The van der Waals surface area contributed by atoms with Crippen LogP contribution in [0.1, 0.15) is 87.0 Å². The molecule has 1 saturated carbocycles. The van der Waals surface area contributed by atoms with Gasteiger partial charge in [-0.15, -0.1) is 0 Å². The van der Waals surface area contributed by atoms with Gasteiger partial charge in [-0.3, -0.25) is 0 Å². The van der Waals surface area contributed by atoms with E-state index in [1.54, 1.807) is 6.92 Å². The average Bonchev–Trinajstić information content (AvgIpc) is 2.51. The Hall–Kier alpha value is -2.25. The van der Waals surface area contributed by atoms with Crippen LogP contribution in [-0.4, -0.2) is 34.5 Å². The maximum absolute atomic E-state index is 11.9. The predicted octanol–water partition coefficient (Wildman–Crippen LogP) is 5.15. The smallest absolute Gasteiger partial charge is 0.402 e. The minimum atomic E-state index is -1.33. The van der Waals surface area contributed by atoms with Crippen LogP contribution in [0.5, 0.6) is 0 Å². The standard InChI is InChI=1S/C20H36O2.2CH3NO2/c1-9-11-20(14-16(4)22-17(21)15(2)3)18(5,6)12-10-13-19(20,7)8;2*2-1(3)4/h16H,2,9-14H2,1,3-8H3;2*2H2,(H,3,4). The van der Waals surface area contributed by atoms with Gasteiger partial charge in [0.1, 0.15) is 0 Å². The van der Waals surface area contributed by atoms with Gasteiger partial charge in [-0.1, -0.05) is 54.0 Å². The van der Waals surface area contributed by atoms with Crippen LogP contribution in [0.25, 0.3) is 0 Å². The highest BCUT2D eigenvalue weighted by molar-refractivity contribution is 5.87. The molecule has 1 rings (SSSR count). The molecule has 0 spiro atoms. The highest BCUT2D eigenvalue weighted by Crippen LogP contribution is 2.64. The number of esters is 1. The van der Waals surface area contributed by atoms with Gasteiger partial charge >= 0.3 is 18.2 Å². The molecule has 0 heterocycles. The zero-order chi connectivity index (χ0) is 24.3. The number of carbonyl (C=O) groups excluding carboxylic acids is 1. The monoisotopic (exact) mass is 430 g/mol. The van der Waals surface area contributed by atoms with Gasteiger partial charge in [-0.05, 0) is 55.8 Å². The largest absolute Gasteiger partial charge is 0.465 e. The van der Waals surface area contributed by atoms with E-state index in [1.165, 1.54) is 32.1 Å². The van der Waals surface area contributed by atoms with Gasteiger partial charge in [0.15, 0.2) is 0 Å². The zero-order valence-corrected chi connectivity index (χ0v) is 19.7. The van der Waals surface area contributed by atoms with Gasteiger partial charge in [0.2, 0.25) is 0 Å². The lowest BCUT2D eigenvalue weighted by atomic mass is 9.44. The van der Waals surface area contributed by atoms with Crippen molar-refractivity contribution in [2.24, 2.45) is 27.7 Å². The first-order valence-corrected chi connectivity index (χ1v) is 10.3. The van der Waals surface area contributed by atoms with Crippen molar-refractivity contribution < 1.29 is 29.3 Å². The van der Waals surface area contributed by atoms with E-state index in [2.05, 4.69) is 52.7 Å². The van der Waals surface area contributed by atoms with Gasteiger partial charge in [-0.25, -0.2) is 14.4 Å². The van der Waals surface area contributed by atoms with Crippen molar-refractivity contribution in [3.63, 3.8) is 0 Å². The number of primary amides is 2. The number of hydrogen-bond donors (Lipinski definition) is 4. The van der Waals surface area contributed by atoms with Crippen molar-refractivity contribution in [2.75, 3.05) is 0 Å². The summed E-state index contributed by atoms with van der Waals surface area (Å²) in [6.07, 6.45) is 4.41. The summed E-state index contributed by atoms with van der Waals surface area (Å²) in [5.74, 6) is -0.259. The van der Waals surface area contributed by atoms with Gasteiger partial charge in [-0.2, -0.15) is 0 Å². The molecular weight excluding hydrogens is 388 g/mol. The van der Waals surface area contributed by atoms with Crippen molar-refractivity contribution in [3.05, 3.63) is 12.2 Å². The van der Waals surface area contributed by atoms with Crippen LogP contribution in [-0.2, 0) is 9.53 Å². The number of ether oxygens (including phenoxy) is 1. The minimum absolute atomic E-state index is 0.0626. The van der Waals surface area contributed by atoms with Crippen LogP contribution in [0.15, 0.2) is 12.2 Å². The summed E-state index contributed by atoms with van der Waals surface area (Å²) in [5.41, 5.74) is 9.30. The highest BCUT2D eigenvalue weighted by Gasteiger charge is 2.56. The van der Waals surface area contributed by atoms with Gasteiger partial charge in [0.05, 0.1) is 6.10 Å². The maximum atomic E-state index is 11.9. The molecule has 2 amide bonds. The van der Waals surface area contributed by atoms with Crippen molar-refractivity contribution in [1.82, 2.24) is 0 Å². The Morgan fingerprint density at radius 1 is 1.03 bits per heavy atom. The van der Waals surface area contributed by atoms with Gasteiger partial charge < -0.3 is 26.4 Å². The summed E-state index contributed by atoms with van der Waals surface area (Å²) < 4.78 is 5.63. The highest BCUT2D eigenvalue weighted by atomic mass is 16.5. The van der Waals surface area contributed by atoms with Crippen molar-refractivity contribution in [2.45, 2.75) is 93.1 Å². The summed E-state index contributed by atoms with van der Waals surface area (Å²) in [7, 11) is 0. The Labute approximate surface area is 181 Å². The van der Waals surface area contributed by atoms with E-state index in [9.17, 15) is 4.79 Å². The summed E-state index contributed by atoms with van der Waals surface area (Å²) in [6, 6.07) is 0. The predicted molar refractivity (Wildman–Crippen MR) is 118 cm³/mol. The molecule has 0 aromatic rings. The van der Waals surface area contributed by atoms with Crippen LogP contribution in [0.2, 0.25) is 0 Å². The van der Waals surface area contributed by atoms with E-state index in [1.807, 2.05) is 6.92 Å². The van der Waals surface area contributed by atoms with E-state index < -0.39 is 12.2 Å². The van der Waals surface area contributed by atoms with Crippen LogP contribution in [0.4, 0.5) is 9.59 Å². The molecule has 30 heavy (non-hydrogen) atoms. The number of carbonyl (C=O) groups is 3. The molecular formula is C22H42N2O6. The van der Waals surface area contributed by atoms with Crippen LogP contribution >= 0.6 is 0 Å². The fourth-order valence-electron chi connectivity index (χ4n) is 4.94. The van der Waals surface area contributed by atoms with E-state index in [0.29, 0.717) is 5.57 Å². The van der Waals surface area contributed by atoms with E-state index in [-0.39, 0.29) is 28.3 Å². The second-order valence-corrected chi connectivity index (χ2v) is 9.33. The third-order valence-electron chi connectivity index (χ3n) is 6.16. The second kappa shape index (κ2) is 12.4. The van der Waals surface area contributed by atoms with Crippen LogP contribution < -0.4 is 11.5 Å². The molecule has 176 valence electrons. The second-order valence-electron chi connectivity index (χ2n) is 9.33. The molecule has 1 fully saturated rings. The third-order valence-corrected chi connectivity index (χ3v) is 6.16. The summed E-state index contributed by atoms with van der Waals surface area (Å²) in [4.78, 5) is 29.4. The molecule has 0 aromatic carbocycles. The molecule has 1 unspecified atom stereocenters. The van der Waals surface area contributed by atoms with Crippen molar-refractivity contribution >= 4 is 18.2 Å². The lowest BCUT2D eigenvalue weighted by molar-refractivity contribution is -0.157. The zero-order valence-electron chi connectivity index (χ0n) is 19.7. The lowest BCUT2D eigenvalue weighted by Gasteiger charge is -2.61. The third kappa shape index (κ3) is 9.50.